The Kier molecular flexibility index (Phi) is 4.39. The van der Waals surface area contributed by atoms with Crippen molar-refractivity contribution in [3.05, 3.63) is 59.2 Å². The summed E-state index contributed by atoms with van der Waals surface area (Å²) in [5, 5.41) is 0. The SMILES string of the molecule is CC(C)(C)CC1Cc2cccc(-c3ccc(C(C)(C)C)cc3)c2C1=O. The first-order chi connectivity index (χ1) is 11.6. The topological polar surface area (TPSA) is 17.1 Å². The predicted molar refractivity (Wildman–Crippen MR) is 106 cm³/mol. The van der Waals surface area contributed by atoms with E-state index in [-0.39, 0.29) is 16.7 Å². The Bertz CT molecular complexity index is 782. The molecule has 0 N–H and O–H groups in total. The molecule has 1 aliphatic carbocycles. The van der Waals surface area contributed by atoms with Gasteiger partial charge in [-0.15, -0.1) is 0 Å². The van der Waals surface area contributed by atoms with Gasteiger partial charge in [0.1, 0.15) is 0 Å². The lowest BCUT2D eigenvalue weighted by Crippen LogP contribution is -2.18. The van der Waals surface area contributed by atoms with Crippen molar-refractivity contribution in [1.29, 1.82) is 0 Å². The molecule has 0 amide bonds. The van der Waals surface area contributed by atoms with Crippen LogP contribution in [0.2, 0.25) is 0 Å². The summed E-state index contributed by atoms with van der Waals surface area (Å²) in [5.74, 6) is 0.463. The van der Waals surface area contributed by atoms with Crippen LogP contribution in [0.25, 0.3) is 11.1 Å². The molecule has 0 bridgehead atoms. The Morgan fingerprint density at radius 1 is 0.920 bits per heavy atom. The van der Waals surface area contributed by atoms with Gasteiger partial charge in [-0.2, -0.15) is 0 Å². The highest BCUT2D eigenvalue weighted by Gasteiger charge is 2.35. The number of hydrogen-bond acceptors (Lipinski definition) is 1. The maximum Gasteiger partial charge on any atom is 0.167 e. The number of hydrogen-bond donors (Lipinski definition) is 0. The Balaban J connectivity index is 1.97. The molecule has 1 atom stereocenters. The first-order valence-corrected chi connectivity index (χ1v) is 9.33. The largest absolute Gasteiger partial charge is 0.294 e. The molecule has 132 valence electrons. The average molecular weight is 335 g/mol. The van der Waals surface area contributed by atoms with Crippen LogP contribution in [-0.2, 0) is 11.8 Å². The Morgan fingerprint density at radius 3 is 2.12 bits per heavy atom. The van der Waals surface area contributed by atoms with E-state index in [0.29, 0.717) is 5.78 Å². The molecule has 1 aliphatic rings. The molecular weight excluding hydrogens is 304 g/mol. The summed E-state index contributed by atoms with van der Waals surface area (Å²) >= 11 is 0. The number of ketones is 1. The molecule has 0 spiro atoms. The smallest absolute Gasteiger partial charge is 0.167 e. The van der Waals surface area contributed by atoms with Crippen LogP contribution >= 0.6 is 0 Å². The molecule has 25 heavy (non-hydrogen) atoms. The summed E-state index contributed by atoms with van der Waals surface area (Å²) in [6.07, 6.45) is 1.84. The van der Waals surface area contributed by atoms with Crippen molar-refractivity contribution in [1.82, 2.24) is 0 Å². The Labute approximate surface area is 152 Å². The molecule has 0 radical (unpaired) electrons. The van der Waals surface area contributed by atoms with Crippen molar-refractivity contribution in [3.8, 4) is 11.1 Å². The van der Waals surface area contributed by atoms with E-state index in [4.69, 9.17) is 0 Å². The number of Topliss-reactive ketones (excluding diaryl/α,β-unsaturated/α-hetero) is 1. The lowest BCUT2D eigenvalue weighted by Gasteiger charge is -2.21. The van der Waals surface area contributed by atoms with Crippen molar-refractivity contribution in [3.63, 3.8) is 0 Å². The number of carbonyl (C=O) groups excluding carboxylic acids is 1. The van der Waals surface area contributed by atoms with Crippen molar-refractivity contribution < 1.29 is 4.79 Å². The van der Waals surface area contributed by atoms with E-state index in [1.54, 1.807) is 0 Å². The Hall–Kier alpha value is -1.89. The molecule has 2 aromatic rings. The van der Waals surface area contributed by atoms with Gasteiger partial charge in [-0.3, -0.25) is 4.79 Å². The van der Waals surface area contributed by atoms with Crippen molar-refractivity contribution in [2.75, 3.05) is 0 Å². The summed E-state index contributed by atoms with van der Waals surface area (Å²) < 4.78 is 0. The molecule has 0 saturated heterocycles. The molecule has 0 aromatic heterocycles. The normalized spacial score (nSPS) is 17.7. The maximum atomic E-state index is 13.1. The summed E-state index contributed by atoms with van der Waals surface area (Å²) in [5.41, 5.74) is 6.06. The van der Waals surface area contributed by atoms with Gasteiger partial charge < -0.3 is 0 Å². The fraction of sp³-hybridized carbons (Fsp3) is 0.458. The standard InChI is InChI=1S/C24H30O/c1-23(2,3)15-18-14-17-8-7-9-20(21(17)22(18)25)16-10-12-19(13-11-16)24(4,5)6/h7-13,18H,14-15H2,1-6H3. The minimum Gasteiger partial charge on any atom is -0.294 e. The number of fused-ring (bicyclic) bond motifs is 1. The zero-order chi connectivity index (χ0) is 18.4. The van der Waals surface area contributed by atoms with E-state index in [1.165, 1.54) is 11.1 Å². The van der Waals surface area contributed by atoms with E-state index in [9.17, 15) is 4.79 Å². The number of rotatable bonds is 2. The van der Waals surface area contributed by atoms with Crippen LogP contribution in [0, 0.1) is 11.3 Å². The monoisotopic (exact) mass is 334 g/mol. The molecule has 1 nitrogen and oxygen atoms in total. The van der Waals surface area contributed by atoms with Gasteiger partial charge in [0.2, 0.25) is 0 Å². The lowest BCUT2D eigenvalue weighted by molar-refractivity contribution is 0.0904. The van der Waals surface area contributed by atoms with Gasteiger partial charge in [-0.1, -0.05) is 84.0 Å². The van der Waals surface area contributed by atoms with Crippen molar-refractivity contribution >= 4 is 5.78 Å². The molecule has 0 aliphatic heterocycles. The molecule has 0 heterocycles. The maximum absolute atomic E-state index is 13.1. The average Bonchev–Trinajstić information content (AvgIpc) is 2.81. The van der Waals surface area contributed by atoms with Crippen LogP contribution in [0.1, 0.15) is 69.4 Å². The Morgan fingerprint density at radius 2 is 1.56 bits per heavy atom. The fourth-order valence-corrected chi connectivity index (χ4v) is 3.92. The van der Waals surface area contributed by atoms with Gasteiger partial charge in [-0.25, -0.2) is 0 Å². The summed E-state index contributed by atoms with van der Waals surface area (Å²) in [6, 6.07) is 15.0. The van der Waals surface area contributed by atoms with E-state index >= 15 is 0 Å². The highest BCUT2D eigenvalue weighted by atomic mass is 16.1. The van der Waals surface area contributed by atoms with E-state index in [0.717, 1.165) is 29.5 Å². The van der Waals surface area contributed by atoms with Gasteiger partial charge in [0.15, 0.2) is 5.78 Å². The zero-order valence-electron chi connectivity index (χ0n) is 16.4. The molecule has 0 saturated carbocycles. The van der Waals surface area contributed by atoms with Crippen LogP contribution in [0.3, 0.4) is 0 Å². The summed E-state index contributed by atoms with van der Waals surface area (Å²) in [4.78, 5) is 13.1. The molecule has 2 aromatic carbocycles. The third-order valence-electron chi connectivity index (χ3n) is 5.15. The van der Waals surface area contributed by atoms with Crippen LogP contribution in [0.15, 0.2) is 42.5 Å². The van der Waals surface area contributed by atoms with Gasteiger partial charge in [-0.05, 0) is 45.9 Å². The highest BCUT2D eigenvalue weighted by molar-refractivity contribution is 6.07. The van der Waals surface area contributed by atoms with Crippen LogP contribution in [0.4, 0.5) is 0 Å². The van der Waals surface area contributed by atoms with E-state index < -0.39 is 0 Å². The number of carbonyl (C=O) groups is 1. The molecule has 1 unspecified atom stereocenters. The lowest BCUT2D eigenvalue weighted by atomic mass is 9.82. The molecule has 0 fully saturated rings. The summed E-state index contributed by atoms with van der Waals surface area (Å²) in [7, 11) is 0. The van der Waals surface area contributed by atoms with Crippen LogP contribution in [-0.4, -0.2) is 5.78 Å². The van der Waals surface area contributed by atoms with Crippen molar-refractivity contribution in [2.24, 2.45) is 11.3 Å². The highest BCUT2D eigenvalue weighted by Crippen LogP contribution is 2.39. The fourth-order valence-electron chi connectivity index (χ4n) is 3.92. The first-order valence-electron chi connectivity index (χ1n) is 9.33. The second-order valence-electron chi connectivity index (χ2n) is 9.70. The molecule has 3 rings (SSSR count). The van der Waals surface area contributed by atoms with E-state index in [2.05, 4.69) is 84.0 Å². The molecule has 1 heteroatoms. The van der Waals surface area contributed by atoms with Gasteiger partial charge in [0, 0.05) is 11.5 Å². The van der Waals surface area contributed by atoms with Crippen molar-refractivity contribution in [2.45, 2.75) is 59.8 Å². The third kappa shape index (κ3) is 3.71. The third-order valence-corrected chi connectivity index (χ3v) is 5.15. The summed E-state index contributed by atoms with van der Waals surface area (Å²) in [6.45, 7) is 13.3. The quantitative estimate of drug-likeness (QED) is 0.617. The second-order valence-corrected chi connectivity index (χ2v) is 9.70. The van der Waals surface area contributed by atoms with Gasteiger partial charge in [0.05, 0.1) is 0 Å². The van der Waals surface area contributed by atoms with Gasteiger partial charge >= 0.3 is 0 Å². The minimum atomic E-state index is 0.130. The van der Waals surface area contributed by atoms with Crippen LogP contribution < -0.4 is 0 Å². The number of benzene rings is 2. The first kappa shape index (κ1) is 17.9. The van der Waals surface area contributed by atoms with Crippen LogP contribution in [0.5, 0.6) is 0 Å². The van der Waals surface area contributed by atoms with E-state index in [1.807, 2.05) is 0 Å². The molecular formula is C24H30O. The van der Waals surface area contributed by atoms with Gasteiger partial charge in [0.25, 0.3) is 0 Å². The second kappa shape index (κ2) is 6.12. The minimum absolute atomic E-state index is 0.130. The zero-order valence-corrected chi connectivity index (χ0v) is 16.4. The predicted octanol–water partition coefficient (Wildman–Crippen LogP) is 6.44.